The Morgan fingerprint density at radius 2 is 1.88 bits per heavy atom. The maximum Gasteiger partial charge on any atom is 0.237 e. The predicted molar refractivity (Wildman–Crippen MR) is 106 cm³/mol. The van der Waals surface area contributed by atoms with Gasteiger partial charge in [-0.3, -0.25) is 4.79 Å². The second kappa shape index (κ2) is 8.50. The molecule has 1 fully saturated rings. The number of halogens is 2. The highest BCUT2D eigenvalue weighted by molar-refractivity contribution is 8.00. The Hall–Kier alpha value is -1.44. The lowest BCUT2D eigenvalue weighted by molar-refractivity contribution is -0.115. The normalized spacial score (nSPS) is 16.4. The standard InChI is InChI=1S/C17H21Cl2N5OS/c1-10(16(25)21-14-8-12(18)7-13(19)9-14)26-17-23-22-15(24(17)20)11-5-3-2-4-6-11/h7-11H,2-6,20H2,1H3,(H,21,25)/t10-/m1/s1. The maximum absolute atomic E-state index is 12.4. The third-order valence-electron chi connectivity index (χ3n) is 4.44. The largest absolute Gasteiger partial charge is 0.336 e. The van der Waals surface area contributed by atoms with Gasteiger partial charge in [0.05, 0.1) is 5.25 Å². The number of nitrogens with two attached hydrogens (primary N) is 1. The number of rotatable bonds is 5. The quantitative estimate of drug-likeness (QED) is 0.557. The number of hydrogen-bond acceptors (Lipinski definition) is 5. The molecule has 1 aliphatic rings. The van der Waals surface area contributed by atoms with Gasteiger partial charge in [-0.25, -0.2) is 4.68 Å². The summed E-state index contributed by atoms with van der Waals surface area (Å²) in [6.45, 7) is 1.79. The van der Waals surface area contributed by atoms with Gasteiger partial charge in [0, 0.05) is 21.7 Å². The molecule has 1 aromatic heterocycles. The second-order valence-electron chi connectivity index (χ2n) is 6.45. The fourth-order valence-corrected chi connectivity index (χ4v) is 4.39. The van der Waals surface area contributed by atoms with Crippen LogP contribution in [0.1, 0.15) is 50.8 Å². The van der Waals surface area contributed by atoms with E-state index in [-0.39, 0.29) is 5.91 Å². The molecule has 1 aliphatic carbocycles. The van der Waals surface area contributed by atoms with E-state index in [1.807, 2.05) is 0 Å². The monoisotopic (exact) mass is 413 g/mol. The second-order valence-corrected chi connectivity index (χ2v) is 8.63. The Morgan fingerprint density at radius 3 is 2.54 bits per heavy atom. The van der Waals surface area contributed by atoms with Crippen molar-refractivity contribution in [3.63, 3.8) is 0 Å². The first-order valence-electron chi connectivity index (χ1n) is 8.58. The molecule has 26 heavy (non-hydrogen) atoms. The molecule has 0 radical (unpaired) electrons. The summed E-state index contributed by atoms with van der Waals surface area (Å²) >= 11 is 13.2. The molecule has 1 heterocycles. The van der Waals surface area contributed by atoms with E-state index in [9.17, 15) is 4.79 Å². The van der Waals surface area contributed by atoms with Gasteiger partial charge in [-0.1, -0.05) is 54.2 Å². The third kappa shape index (κ3) is 4.64. The highest BCUT2D eigenvalue weighted by Gasteiger charge is 2.24. The summed E-state index contributed by atoms with van der Waals surface area (Å²) in [5, 5.41) is 12.3. The van der Waals surface area contributed by atoms with Crippen LogP contribution in [0.5, 0.6) is 0 Å². The number of hydrogen-bond donors (Lipinski definition) is 2. The average molecular weight is 414 g/mol. The Balaban J connectivity index is 1.64. The van der Waals surface area contributed by atoms with Gasteiger partial charge in [-0.2, -0.15) is 0 Å². The molecule has 0 aliphatic heterocycles. The number of benzene rings is 1. The lowest BCUT2D eigenvalue weighted by Gasteiger charge is -2.20. The van der Waals surface area contributed by atoms with Crippen LogP contribution in [-0.4, -0.2) is 26.0 Å². The van der Waals surface area contributed by atoms with Crippen LogP contribution in [0, 0.1) is 0 Å². The zero-order valence-corrected chi connectivity index (χ0v) is 16.7. The average Bonchev–Trinajstić information content (AvgIpc) is 2.95. The van der Waals surface area contributed by atoms with Crippen LogP contribution in [0.2, 0.25) is 10.0 Å². The van der Waals surface area contributed by atoms with Crippen LogP contribution in [-0.2, 0) is 4.79 Å². The Kier molecular flexibility index (Phi) is 6.32. The molecule has 140 valence electrons. The molecule has 0 bridgehead atoms. The number of carbonyl (C=O) groups excluding carboxylic acids is 1. The Labute approximate surface area is 166 Å². The minimum Gasteiger partial charge on any atom is -0.336 e. The van der Waals surface area contributed by atoms with Crippen LogP contribution in [0.25, 0.3) is 0 Å². The lowest BCUT2D eigenvalue weighted by Crippen LogP contribution is -2.24. The fraction of sp³-hybridized carbons (Fsp3) is 0.471. The number of nitrogens with one attached hydrogen (secondary N) is 1. The summed E-state index contributed by atoms with van der Waals surface area (Å²) in [5.41, 5.74) is 0.553. The molecular formula is C17H21Cl2N5OS. The van der Waals surface area contributed by atoms with E-state index in [4.69, 9.17) is 29.0 Å². The number of anilines is 1. The summed E-state index contributed by atoms with van der Waals surface area (Å²) in [4.78, 5) is 12.4. The molecule has 9 heteroatoms. The topological polar surface area (TPSA) is 85.8 Å². The van der Waals surface area contributed by atoms with Crippen LogP contribution < -0.4 is 11.2 Å². The van der Waals surface area contributed by atoms with E-state index < -0.39 is 5.25 Å². The van der Waals surface area contributed by atoms with Gasteiger partial charge >= 0.3 is 0 Å². The van der Waals surface area contributed by atoms with Gasteiger partial charge in [0.1, 0.15) is 0 Å². The van der Waals surface area contributed by atoms with Crippen molar-refractivity contribution >= 4 is 46.6 Å². The zero-order chi connectivity index (χ0) is 18.7. The highest BCUT2D eigenvalue weighted by Crippen LogP contribution is 2.33. The number of nitrogens with zero attached hydrogens (tertiary/aromatic N) is 3. The van der Waals surface area contributed by atoms with Crippen LogP contribution in [0.15, 0.2) is 23.4 Å². The minimum atomic E-state index is -0.404. The SMILES string of the molecule is C[C@@H](Sc1nnc(C2CCCCC2)n1N)C(=O)Nc1cc(Cl)cc(Cl)c1. The van der Waals surface area contributed by atoms with E-state index in [0.29, 0.717) is 26.8 Å². The van der Waals surface area contributed by atoms with Gasteiger partial charge in [-0.15, -0.1) is 10.2 Å². The van der Waals surface area contributed by atoms with Crippen LogP contribution >= 0.6 is 35.0 Å². The first kappa shape index (κ1) is 19.3. The van der Waals surface area contributed by atoms with Crippen molar-refractivity contribution < 1.29 is 4.79 Å². The molecule has 3 N–H and O–H groups in total. The summed E-state index contributed by atoms with van der Waals surface area (Å²) in [6.07, 6.45) is 5.83. The smallest absolute Gasteiger partial charge is 0.237 e. The van der Waals surface area contributed by atoms with Crippen molar-refractivity contribution in [3.8, 4) is 0 Å². The van der Waals surface area contributed by atoms with Gasteiger partial charge < -0.3 is 11.2 Å². The van der Waals surface area contributed by atoms with Gasteiger partial charge in [0.2, 0.25) is 11.1 Å². The zero-order valence-electron chi connectivity index (χ0n) is 14.4. The molecule has 0 saturated heterocycles. The van der Waals surface area contributed by atoms with E-state index in [1.54, 1.807) is 25.1 Å². The molecule has 0 unspecified atom stereocenters. The molecule has 0 spiro atoms. The molecule has 1 aromatic carbocycles. The molecule has 3 rings (SSSR count). The summed E-state index contributed by atoms with van der Waals surface area (Å²) in [7, 11) is 0. The minimum absolute atomic E-state index is 0.185. The van der Waals surface area contributed by atoms with E-state index in [0.717, 1.165) is 18.7 Å². The fourth-order valence-electron chi connectivity index (χ4n) is 3.09. The predicted octanol–water partition coefficient (Wildman–Crippen LogP) is 4.47. The number of nitrogen functional groups attached to an aromatic ring is 1. The summed E-state index contributed by atoms with van der Waals surface area (Å²) < 4.78 is 1.53. The molecule has 1 atom stereocenters. The third-order valence-corrected chi connectivity index (χ3v) is 5.94. The first-order chi connectivity index (χ1) is 12.4. The van der Waals surface area contributed by atoms with Crippen molar-refractivity contribution in [2.24, 2.45) is 0 Å². The van der Waals surface area contributed by atoms with Crippen LogP contribution in [0.4, 0.5) is 5.69 Å². The molecule has 6 nitrogen and oxygen atoms in total. The van der Waals surface area contributed by atoms with Crippen molar-refractivity contribution in [2.45, 2.75) is 55.4 Å². The van der Waals surface area contributed by atoms with Gasteiger partial charge in [-0.05, 0) is 38.0 Å². The van der Waals surface area contributed by atoms with Gasteiger partial charge in [0.15, 0.2) is 5.82 Å². The Morgan fingerprint density at radius 1 is 1.23 bits per heavy atom. The molecular weight excluding hydrogens is 393 g/mol. The Bertz CT molecular complexity index is 771. The summed E-state index contributed by atoms with van der Waals surface area (Å²) in [5.74, 6) is 7.16. The van der Waals surface area contributed by atoms with Crippen LogP contribution in [0.3, 0.4) is 0 Å². The van der Waals surface area contributed by atoms with E-state index in [2.05, 4.69) is 15.5 Å². The first-order valence-corrected chi connectivity index (χ1v) is 10.2. The summed E-state index contributed by atoms with van der Waals surface area (Å²) in [6, 6.07) is 4.91. The van der Waals surface area contributed by atoms with Crippen molar-refractivity contribution in [2.75, 3.05) is 11.2 Å². The number of carbonyl (C=O) groups is 1. The molecule has 1 saturated carbocycles. The van der Waals surface area contributed by atoms with Gasteiger partial charge in [0.25, 0.3) is 0 Å². The van der Waals surface area contributed by atoms with Crippen molar-refractivity contribution in [3.05, 3.63) is 34.1 Å². The van der Waals surface area contributed by atoms with Crippen molar-refractivity contribution in [1.82, 2.24) is 14.9 Å². The number of aromatic nitrogens is 3. The number of thioether (sulfide) groups is 1. The van der Waals surface area contributed by atoms with Crippen molar-refractivity contribution in [1.29, 1.82) is 0 Å². The highest BCUT2D eigenvalue weighted by atomic mass is 35.5. The number of amides is 1. The van der Waals surface area contributed by atoms with E-state index in [1.165, 1.54) is 35.7 Å². The molecule has 1 amide bonds. The molecule has 2 aromatic rings. The maximum atomic E-state index is 12.4. The van der Waals surface area contributed by atoms with E-state index >= 15 is 0 Å². The lowest BCUT2D eigenvalue weighted by atomic mass is 9.89.